The van der Waals surface area contributed by atoms with Gasteiger partial charge in [0.1, 0.15) is 13.2 Å². The zero-order chi connectivity index (χ0) is 57.1. The van der Waals surface area contributed by atoms with Crippen LogP contribution in [0.5, 0.6) is 0 Å². The molecule has 0 fully saturated rings. The van der Waals surface area contributed by atoms with E-state index in [9.17, 15) is 14.4 Å². The molecule has 0 aliphatic rings. The molecule has 0 amide bonds. The molecule has 79 heavy (non-hydrogen) atoms. The van der Waals surface area contributed by atoms with Crippen molar-refractivity contribution in [3.8, 4) is 0 Å². The van der Waals surface area contributed by atoms with E-state index in [-0.39, 0.29) is 31.1 Å². The molecule has 0 saturated carbocycles. The molecule has 6 heteroatoms. The van der Waals surface area contributed by atoms with Crippen molar-refractivity contribution in [1.82, 2.24) is 0 Å². The summed E-state index contributed by atoms with van der Waals surface area (Å²) in [6, 6.07) is 0. The average molecular weight is 1110 g/mol. The van der Waals surface area contributed by atoms with Crippen LogP contribution >= 0.6 is 0 Å². The Labute approximate surface area is 493 Å². The summed E-state index contributed by atoms with van der Waals surface area (Å²) >= 11 is 0. The molecule has 0 aromatic rings. The smallest absolute Gasteiger partial charge is 0.306 e. The first-order valence-corrected chi connectivity index (χ1v) is 35.5. The van der Waals surface area contributed by atoms with Crippen molar-refractivity contribution < 1.29 is 28.6 Å². The second-order valence-electron chi connectivity index (χ2n) is 24.2. The van der Waals surface area contributed by atoms with Gasteiger partial charge in [-0.2, -0.15) is 0 Å². The van der Waals surface area contributed by atoms with Gasteiger partial charge in [-0.25, -0.2) is 0 Å². The maximum absolute atomic E-state index is 12.9. The third-order valence-electron chi connectivity index (χ3n) is 16.1. The normalized spacial score (nSPS) is 12.2. The minimum atomic E-state index is -0.776. The number of allylic oxidation sites excluding steroid dienone is 6. The number of ether oxygens (including phenoxy) is 3. The van der Waals surface area contributed by atoms with E-state index in [4.69, 9.17) is 14.2 Å². The standard InChI is InChI=1S/C73H136O6/c1-4-7-10-13-16-19-22-24-26-28-30-32-33-34-35-36-37-38-39-41-42-44-46-48-51-54-57-60-63-66-72(75)78-69-70(68-77-71(74)65-62-59-56-53-50-21-18-15-12-9-6-3)79-73(76)67-64-61-58-55-52-49-47-45-43-40-31-29-27-25-23-20-17-14-11-8-5-2/h23,25,29,31,43,45,70H,4-22,24,26-28,30,32-42,44,46-69H2,1-3H3/b25-23-,31-29-,45-43-. The van der Waals surface area contributed by atoms with Gasteiger partial charge in [-0.05, 0) is 57.8 Å². The van der Waals surface area contributed by atoms with E-state index in [2.05, 4.69) is 57.2 Å². The third kappa shape index (κ3) is 66.3. The number of carbonyl (C=O) groups excluding carboxylic acids is 3. The summed E-state index contributed by atoms with van der Waals surface area (Å²) in [4.78, 5) is 38.3. The van der Waals surface area contributed by atoms with Gasteiger partial charge in [0.05, 0.1) is 0 Å². The molecule has 0 radical (unpaired) electrons. The first-order valence-electron chi connectivity index (χ1n) is 35.5. The lowest BCUT2D eigenvalue weighted by molar-refractivity contribution is -0.167. The molecule has 0 aliphatic carbocycles. The van der Waals surface area contributed by atoms with Crippen molar-refractivity contribution >= 4 is 17.9 Å². The molecule has 0 rings (SSSR count). The molecular weight excluding hydrogens is 973 g/mol. The Morgan fingerprint density at radius 1 is 0.253 bits per heavy atom. The zero-order valence-electron chi connectivity index (χ0n) is 53.4. The van der Waals surface area contributed by atoms with Crippen LogP contribution in [0.25, 0.3) is 0 Å². The quantitative estimate of drug-likeness (QED) is 0.0261. The first kappa shape index (κ1) is 76.6. The lowest BCUT2D eigenvalue weighted by Gasteiger charge is -2.18. The van der Waals surface area contributed by atoms with Crippen LogP contribution in [0.4, 0.5) is 0 Å². The van der Waals surface area contributed by atoms with Crippen LogP contribution in [0.15, 0.2) is 36.5 Å². The molecule has 1 unspecified atom stereocenters. The van der Waals surface area contributed by atoms with Crippen molar-refractivity contribution in [3.63, 3.8) is 0 Å². The number of hydrogen-bond donors (Lipinski definition) is 0. The molecule has 0 saturated heterocycles. The highest BCUT2D eigenvalue weighted by molar-refractivity contribution is 5.71. The number of hydrogen-bond acceptors (Lipinski definition) is 6. The fourth-order valence-corrected chi connectivity index (χ4v) is 10.8. The number of esters is 3. The molecule has 0 aromatic heterocycles. The highest BCUT2D eigenvalue weighted by Gasteiger charge is 2.19. The fourth-order valence-electron chi connectivity index (χ4n) is 10.8. The monoisotopic (exact) mass is 1110 g/mol. The Morgan fingerprint density at radius 2 is 0.456 bits per heavy atom. The van der Waals surface area contributed by atoms with Gasteiger partial charge >= 0.3 is 17.9 Å². The summed E-state index contributed by atoms with van der Waals surface area (Å²) < 4.78 is 17.0. The van der Waals surface area contributed by atoms with Crippen LogP contribution in [0, 0.1) is 0 Å². The second kappa shape index (κ2) is 68.1. The van der Waals surface area contributed by atoms with Gasteiger partial charge in [0.25, 0.3) is 0 Å². The summed E-state index contributed by atoms with van der Waals surface area (Å²) in [5, 5.41) is 0. The second-order valence-corrected chi connectivity index (χ2v) is 24.2. The van der Waals surface area contributed by atoms with Gasteiger partial charge in [-0.1, -0.05) is 353 Å². The highest BCUT2D eigenvalue weighted by Crippen LogP contribution is 2.19. The average Bonchev–Trinajstić information content (AvgIpc) is 3.45. The molecule has 0 aliphatic heterocycles. The van der Waals surface area contributed by atoms with E-state index < -0.39 is 6.10 Å². The molecule has 0 bridgehead atoms. The molecule has 0 N–H and O–H groups in total. The highest BCUT2D eigenvalue weighted by atomic mass is 16.6. The van der Waals surface area contributed by atoms with E-state index in [1.807, 2.05) is 0 Å². The summed E-state index contributed by atoms with van der Waals surface area (Å²) in [6.07, 6.45) is 84.7. The van der Waals surface area contributed by atoms with Crippen LogP contribution in [0.2, 0.25) is 0 Å². The lowest BCUT2D eigenvalue weighted by Crippen LogP contribution is -2.30. The molecule has 6 nitrogen and oxygen atoms in total. The Bertz CT molecular complexity index is 1320. The Morgan fingerprint density at radius 3 is 0.709 bits per heavy atom. The van der Waals surface area contributed by atoms with Crippen LogP contribution < -0.4 is 0 Å². The van der Waals surface area contributed by atoms with Crippen LogP contribution in [0.1, 0.15) is 393 Å². The fraction of sp³-hybridized carbons (Fsp3) is 0.877. The number of rotatable bonds is 66. The van der Waals surface area contributed by atoms with Crippen molar-refractivity contribution in [1.29, 1.82) is 0 Å². The molecule has 0 aromatic carbocycles. The van der Waals surface area contributed by atoms with Gasteiger partial charge in [-0.3, -0.25) is 14.4 Å². The van der Waals surface area contributed by atoms with Crippen molar-refractivity contribution in [2.45, 2.75) is 399 Å². The Kier molecular flexibility index (Phi) is 66.1. The van der Waals surface area contributed by atoms with Crippen LogP contribution in [-0.4, -0.2) is 37.2 Å². The van der Waals surface area contributed by atoms with E-state index in [0.717, 1.165) is 77.0 Å². The SMILES string of the molecule is CCCCCCC/C=C\C/C=C\C/C=C\CCCCCCCCC(=O)OC(COC(=O)CCCCCCCCCCCCC)COC(=O)CCCCCCCCCCCCCCCCCCCCCCCCCCCCCCC. The van der Waals surface area contributed by atoms with Gasteiger partial charge in [0, 0.05) is 19.3 Å². The zero-order valence-corrected chi connectivity index (χ0v) is 53.4. The molecule has 464 valence electrons. The van der Waals surface area contributed by atoms with Crippen LogP contribution in [-0.2, 0) is 28.6 Å². The van der Waals surface area contributed by atoms with Crippen molar-refractivity contribution in [2.75, 3.05) is 13.2 Å². The largest absolute Gasteiger partial charge is 0.462 e. The maximum Gasteiger partial charge on any atom is 0.306 e. The number of unbranched alkanes of at least 4 members (excludes halogenated alkanes) is 49. The van der Waals surface area contributed by atoms with Gasteiger partial charge in [0.15, 0.2) is 6.10 Å². The van der Waals surface area contributed by atoms with E-state index in [1.165, 1.54) is 276 Å². The summed E-state index contributed by atoms with van der Waals surface area (Å²) in [5.74, 6) is -0.859. The lowest BCUT2D eigenvalue weighted by atomic mass is 10.0. The van der Waals surface area contributed by atoms with Gasteiger partial charge < -0.3 is 14.2 Å². The van der Waals surface area contributed by atoms with Crippen molar-refractivity contribution in [3.05, 3.63) is 36.5 Å². The minimum Gasteiger partial charge on any atom is -0.462 e. The minimum absolute atomic E-state index is 0.0722. The van der Waals surface area contributed by atoms with Crippen molar-refractivity contribution in [2.24, 2.45) is 0 Å². The number of carbonyl (C=O) groups is 3. The topological polar surface area (TPSA) is 78.9 Å². The Balaban J connectivity index is 4.16. The van der Waals surface area contributed by atoms with Gasteiger partial charge in [-0.15, -0.1) is 0 Å². The molecular formula is C73H136O6. The van der Waals surface area contributed by atoms with E-state index in [0.29, 0.717) is 19.3 Å². The predicted octanol–water partition coefficient (Wildman–Crippen LogP) is 24.3. The molecule has 1 atom stereocenters. The summed E-state index contributed by atoms with van der Waals surface area (Å²) in [7, 11) is 0. The molecule has 0 heterocycles. The predicted molar refractivity (Wildman–Crippen MR) is 344 cm³/mol. The third-order valence-corrected chi connectivity index (χ3v) is 16.1. The summed E-state index contributed by atoms with van der Waals surface area (Å²) in [6.45, 7) is 6.68. The molecule has 0 spiro atoms. The first-order chi connectivity index (χ1) is 39.0. The van der Waals surface area contributed by atoms with Gasteiger partial charge in [0.2, 0.25) is 0 Å². The van der Waals surface area contributed by atoms with Crippen LogP contribution in [0.3, 0.4) is 0 Å². The maximum atomic E-state index is 12.9. The Hall–Kier alpha value is -2.37. The van der Waals surface area contributed by atoms with E-state index in [1.54, 1.807) is 0 Å². The van der Waals surface area contributed by atoms with E-state index >= 15 is 0 Å². The summed E-state index contributed by atoms with van der Waals surface area (Å²) in [5.41, 5.74) is 0.